The molecule has 0 saturated heterocycles. The van der Waals surface area contributed by atoms with Crippen molar-refractivity contribution in [3.05, 3.63) is 29.8 Å². The second kappa shape index (κ2) is 11.2. The van der Waals surface area contributed by atoms with Crippen molar-refractivity contribution in [2.24, 2.45) is 5.73 Å². The number of nitrogens with two attached hydrogens (primary N) is 1. The zero-order valence-corrected chi connectivity index (χ0v) is 11.1. The smallest absolute Gasteiger partial charge is 0.130 e. The van der Waals surface area contributed by atoms with E-state index in [0.29, 0.717) is 17.9 Å². The summed E-state index contributed by atoms with van der Waals surface area (Å²) in [5.74, 6) is 0.739. The van der Waals surface area contributed by atoms with E-state index in [2.05, 4.69) is 0 Å². The van der Waals surface area contributed by atoms with E-state index in [1.54, 1.807) is 13.0 Å². The lowest BCUT2D eigenvalue weighted by Crippen LogP contribution is -2.13. The van der Waals surface area contributed by atoms with Crippen molar-refractivity contribution >= 4 is 18.2 Å². The van der Waals surface area contributed by atoms with Crippen LogP contribution in [0.2, 0.25) is 0 Å². The zero-order chi connectivity index (χ0) is 12.4. The quantitative estimate of drug-likeness (QED) is 0.573. The molecule has 0 amide bonds. The van der Waals surface area contributed by atoms with Crippen molar-refractivity contribution in [2.45, 2.75) is 20.3 Å². The number of rotatable bonds is 4. The SMILES string of the molecule is CCCOc1ccccc1C(=N)N.CCO.Cl. The van der Waals surface area contributed by atoms with Gasteiger partial charge in [0.25, 0.3) is 0 Å². The van der Waals surface area contributed by atoms with Crippen molar-refractivity contribution in [2.75, 3.05) is 13.2 Å². The number of aliphatic hydroxyl groups excluding tert-OH is 1. The van der Waals surface area contributed by atoms with E-state index in [4.69, 9.17) is 21.0 Å². The second-order valence-corrected chi connectivity index (χ2v) is 3.07. The van der Waals surface area contributed by atoms with Gasteiger partial charge in [0.15, 0.2) is 0 Å². The molecular weight excluding hydrogens is 240 g/mol. The number of ether oxygens (including phenoxy) is 1. The first-order valence-electron chi connectivity index (χ1n) is 5.34. The fourth-order valence-electron chi connectivity index (χ4n) is 1.03. The minimum Gasteiger partial charge on any atom is -0.493 e. The number of amidine groups is 1. The van der Waals surface area contributed by atoms with Crippen molar-refractivity contribution in [1.82, 2.24) is 0 Å². The Morgan fingerprint density at radius 3 is 2.35 bits per heavy atom. The van der Waals surface area contributed by atoms with Crippen molar-refractivity contribution < 1.29 is 9.84 Å². The molecule has 0 bridgehead atoms. The van der Waals surface area contributed by atoms with Gasteiger partial charge in [-0.05, 0) is 25.5 Å². The van der Waals surface area contributed by atoms with E-state index in [1.165, 1.54) is 0 Å². The maximum Gasteiger partial charge on any atom is 0.130 e. The number of benzene rings is 1. The number of para-hydroxylation sites is 1. The summed E-state index contributed by atoms with van der Waals surface area (Å²) in [6.07, 6.45) is 0.951. The molecule has 0 fully saturated rings. The monoisotopic (exact) mass is 260 g/mol. The third-order valence-electron chi connectivity index (χ3n) is 1.64. The van der Waals surface area contributed by atoms with Crippen molar-refractivity contribution in [3.8, 4) is 5.75 Å². The van der Waals surface area contributed by atoms with E-state index in [0.717, 1.165) is 6.42 Å². The van der Waals surface area contributed by atoms with Crippen molar-refractivity contribution in [1.29, 1.82) is 5.41 Å². The van der Waals surface area contributed by atoms with Crippen LogP contribution in [-0.4, -0.2) is 24.2 Å². The van der Waals surface area contributed by atoms with Crippen LogP contribution >= 0.6 is 12.4 Å². The van der Waals surface area contributed by atoms with Gasteiger partial charge in [0.1, 0.15) is 11.6 Å². The molecule has 1 aromatic rings. The molecule has 98 valence electrons. The molecule has 0 heterocycles. The fraction of sp³-hybridized carbons (Fsp3) is 0.417. The highest BCUT2D eigenvalue weighted by Crippen LogP contribution is 2.16. The highest BCUT2D eigenvalue weighted by atomic mass is 35.5. The molecule has 4 nitrogen and oxygen atoms in total. The number of halogens is 1. The summed E-state index contributed by atoms with van der Waals surface area (Å²) in [4.78, 5) is 0. The van der Waals surface area contributed by atoms with Gasteiger partial charge in [-0.3, -0.25) is 5.41 Å². The Hall–Kier alpha value is -1.26. The Kier molecular flexibility index (Phi) is 12.0. The maximum absolute atomic E-state index is 7.57. The third kappa shape index (κ3) is 7.60. The minimum absolute atomic E-state index is 0. The van der Waals surface area contributed by atoms with Crippen LogP contribution in [0, 0.1) is 5.41 Å². The summed E-state index contributed by atoms with van der Waals surface area (Å²) >= 11 is 0. The molecule has 0 aliphatic carbocycles. The highest BCUT2D eigenvalue weighted by Gasteiger charge is 2.03. The number of hydrogen-bond donors (Lipinski definition) is 3. The van der Waals surface area contributed by atoms with Crippen LogP contribution in [0.25, 0.3) is 0 Å². The average molecular weight is 261 g/mol. The molecule has 4 N–H and O–H groups in total. The summed E-state index contributed by atoms with van der Waals surface area (Å²) in [5.41, 5.74) is 6.05. The van der Waals surface area contributed by atoms with Gasteiger partial charge in [-0.15, -0.1) is 12.4 Å². The first kappa shape index (κ1) is 18.1. The van der Waals surface area contributed by atoms with Crippen LogP contribution in [0.3, 0.4) is 0 Å². The van der Waals surface area contributed by atoms with Gasteiger partial charge >= 0.3 is 0 Å². The minimum atomic E-state index is 0. The normalized spacial score (nSPS) is 8.41. The maximum atomic E-state index is 7.57. The Bertz CT molecular complexity index is 319. The van der Waals surface area contributed by atoms with Crippen molar-refractivity contribution in [3.63, 3.8) is 0 Å². The van der Waals surface area contributed by atoms with Gasteiger partial charge in [-0.2, -0.15) is 0 Å². The molecule has 17 heavy (non-hydrogen) atoms. The van der Waals surface area contributed by atoms with Crippen LogP contribution in [-0.2, 0) is 0 Å². The van der Waals surface area contributed by atoms with Gasteiger partial charge in [0.2, 0.25) is 0 Å². The van der Waals surface area contributed by atoms with Crippen LogP contribution in [0.15, 0.2) is 24.3 Å². The summed E-state index contributed by atoms with van der Waals surface area (Å²) in [6.45, 7) is 4.63. The Labute approximate surface area is 109 Å². The van der Waals surface area contributed by atoms with Crippen LogP contribution in [0.4, 0.5) is 0 Å². The molecule has 0 radical (unpaired) electrons. The predicted molar refractivity (Wildman–Crippen MR) is 73.3 cm³/mol. The van der Waals surface area contributed by atoms with Crippen LogP contribution < -0.4 is 10.5 Å². The van der Waals surface area contributed by atoms with Gasteiger partial charge in [-0.1, -0.05) is 19.1 Å². The molecule has 1 rings (SSSR count). The molecule has 0 saturated carbocycles. The summed E-state index contributed by atoms with van der Waals surface area (Å²) in [6, 6.07) is 7.33. The lowest BCUT2D eigenvalue weighted by Gasteiger charge is -2.08. The third-order valence-corrected chi connectivity index (χ3v) is 1.64. The average Bonchev–Trinajstić information content (AvgIpc) is 2.27. The number of hydrogen-bond acceptors (Lipinski definition) is 3. The molecule has 0 aromatic heterocycles. The van der Waals surface area contributed by atoms with E-state index in [9.17, 15) is 0 Å². The molecule has 0 atom stereocenters. The Morgan fingerprint density at radius 2 is 1.88 bits per heavy atom. The van der Waals surface area contributed by atoms with Gasteiger partial charge < -0.3 is 15.6 Å². The molecule has 5 heteroatoms. The van der Waals surface area contributed by atoms with E-state index >= 15 is 0 Å². The lowest BCUT2D eigenvalue weighted by atomic mass is 10.2. The fourth-order valence-corrected chi connectivity index (χ4v) is 1.03. The summed E-state index contributed by atoms with van der Waals surface area (Å²) in [7, 11) is 0. The van der Waals surface area contributed by atoms with E-state index < -0.39 is 0 Å². The first-order valence-corrected chi connectivity index (χ1v) is 5.34. The van der Waals surface area contributed by atoms with E-state index in [1.807, 2.05) is 25.1 Å². The van der Waals surface area contributed by atoms with Crippen LogP contribution in [0.1, 0.15) is 25.8 Å². The highest BCUT2D eigenvalue weighted by molar-refractivity contribution is 5.97. The number of nitrogen functional groups attached to an aromatic ring is 1. The molecular formula is C12H21ClN2O2. The topological polar surface area (TPSA) is 79.3 Å². The van der Waals surface area contributed by atoms with Gasteiger partial charge in [0, 0.05) is 6.61 Å². The standard InChI is InChI=1S/C10H14N2O.C2H6O.ClH/c1-2-7-13-9-6-4-3-5-8(9)10(11)12;1-2-3;/h3-6H,2,7H2,1H3,(H3,11,12);3H,2H2,1H3;1H. The number of aliphatic hydroxyl groups is 1. The van der Waals surface area contributed by atoms with Crippen LogP contribution in [0.5, 0.6) is 5.75 Å². The molecule has 0 aliphatic rings. The molecule has 1 aromatic carbocycles. The van der Waals surface area contributed by atoms with E-state index in [-0.39, 0.29) is 24.8 Å². The van der Waals surface area contributed by atoms with Gasteiger partial charge in [-0.25, -0.2) is 0 Å². The Balaban J connectivity index is 0. The largest absolute Gasteiger partial charge is 0.493 e. The lowest BCUT2D eigenvalue weighted by molar-refractivity contribution is 0.317. The predicted octanol–water partition coefficient (Wildman–Crippen LogP) is 2.18. The second-order valence-electron chi connectivity index (χ2n) is 3.07. The molecule has 0 aliphatic heterocycles. The molecule has 0 unspecified atom stereocenters. The summed E-state index contributed by atoms with van der Waals surface area (Å²) < 4.78 is 5.43. The first-order chi connectivity index (χ1) is 7.67. The zero-order valence-electron chi connectivity index (χ0n) is 10.3. The Morgan fingerprint density at radius 1 is 1.35 bits per heavy atom. The number of nitrogens with one attached hydrogen (secondary N) is 1. The summed E-state index contributed by atoms with van der Waals surface area (Å²) in [5, 5.41) is 14.9. The molecule has 0 spiro atoms. The van der Waals surface area contributed by atoms with Gasteiger partial charge in [0.05, 0.1) is 12.2 Å².